The molecular formula is C64H46N4. The molecule has 0 atom stereocenters. The fourth-order valence-electron chi connectivity index (χ4n) is 10.7. The lowest BCUT2D eigenvalue weighted by atomic mass is 9.98. The predicted octanol–water partition coefficient (Wildman–Crippen LogP) is 17.2. The van der Waals surface area contributed by atoms with E-state index in [0.29, 0.717) is 0 Å². The van der Waals surface area contributed by atoms with Gasteiger partial charge in [-0.3, -0.25) is 0 Å². The molecule has 3 heterocycles. The molecule has 0 aliphatic rings. The van der Waals surface area contributed by atoms with E-state index in [2.05, 4.69) is 275 Å². The third kappa shape index (κ3) is 6.29. The number of aryl methyl sites for hydroxylation is 2. The van der Waals surface area contributed by atoms with Crippen LogP contribution in [0.15, 0.2) is 243 Å². The van der Waals surface area contributed by atoms with E-state index in [9.17, 15) is 0 Å². The van der Waals surface area contributed by atoms with Crippen molar-refractivity contribution in [3.63, 3.8) is 0 Å². The minimum absolute atomic E-state index is 1.08. The molecule has 0 amide bonds. The average molecular weight is 871 g/mol. The van der Waals surface area contributed by atoms with Crippen LogP contribution >= 0.6 is 0 Å². The van der Waals surface area contributed by atoms with Crippen LogP contribution in [0.4, 0.5) is 17.1 Å². The van der Waals surface area contributed by atoms with E-state index >= 15 is 0 Å². The summed E-state index contributed by atoms with van der Waals surface area (Å²) in [6.07, 6.45) is 0. The van der Waals surface area contributed by atoms with Crippen molar-refractivity contribution in [2.45, 2.75) is 13.8 Å². The zero-order valence-corrected chi connectivity index (χ0v) is 37.9. The van der Waals surface area contributed by atoms with Crippen molar-refractivity contribution in [1.29, 1.82) is 0 Å². The SMILES string of the molecule is Cc1ccc(N(c2ccc(-n3c4ccccc4c4ccc5c(-c6ccccc6)c(-c6ccccc6)n(-c6ccccc6)c5c43)cc2)c2ccc3c(c2)c2ccccc2n3-c2ccc(C)cc2)cc1. The van der Waals surface area contributed by atoms with Gasteiger partial charge in [0.05, 0.1) is 33.3 Å². The Morgan fingerprint density at radius 2 is 0.735 bits per heavy atom. The van der Waals surface area contributed by atoms with Gasteiger partial charge in [-0.15, -0.1) is 0 Å². The quantitative estimate of drug-likeness (QED) is 0.149. The van der Waals surface area contributed by atoms with Gasteiger partial charge in [-0.1, -0.05) is 163 Å². The molecule has 0 saturated carbocycles. The van der Waals surface area contributed by atoms with Crippen LogP contribution in [0.3, 0.4) is 0 Å². The Labute approximate surface area is 395 Å². The molecule has 0 saturated heterocycles. The Balaban J connectivity index is 1.04. The zero-order chi connectivity index (χ0) is 45.3. The third-order valence-electron chi connectivity index (χ3n) is 13.8. The van der Waals surface area contributed by atoms with Gasteiger partial charge < -0.3 is 18.6 Å². The molecule has 322 valence electrons. The fraction of sp³-hybridized carbons (Fsp3) is 0.0312. The molecular weight excluding hydrogens is 825 g/mol. The van der Waals surface area contributed by atoms with Crippen LogP contribution in [0.1, 0.15) is 11.1 Å². The van der Waals surface area contributed by atoms with Gasteiger partial charge in [0.15, 0.2) is 0 Å². The monoisotopic (exact) mass is 870 g/mol. The van der Waals surface area contributed by atoms with Crippen LogP contribution in [0.5, 0.6) is 0 Å². The summed E-state index contributed by atoms with van der Waals surface area (Å²) in [6, 6.07) is 88.8. The van der Waals surface area contributed by atoms with E-state index in [1.807, 2.05) is 0 Å². The van der Waals surface area contributed by atoms with Crippen LogP contribution in [-0.2, 0) is 0 Å². The van der Waals surface area contributed by atoms with E-state index in [4.69, 9.17) is 0 Å². The number of fused-ring (bicyclic) bond motifs is 8. The highest BCUT2D eigenvalue weighted by molar-refractivity contribution is 6.22. The summed E-state index contributed by atoms with van der Waals surface area (Å²) in [5, 5.41) is 6.08. The second-order valence-corrected chi connectivity index (χ2v) is 17.9. The average Bonchev–Trinajstić information content (AvgIpc) is 4.04. The third-order valence-corrected chi connectivity index (χ3v) is 13.8. The Kier molecular flexibility index (Phi) is 9.26. The molecule has 0 bridgehead atoms. The lowest BCUT2D eigenvalue weighted by molar-refractivity contribution is 1.12. The molecule has 0 N–H and O–H groups in total. The molecule has 4 nitrogen and oxygen atoms in total. The molecule has 3 aromatic heterocycles. The van der Waals surface area contributed by atoms with Crippen molar-refractivity contribution < 1.29 is 0 Å². The normalized spacial score (nSPS) is 11.7. The molecule has 13 rings (SSSR count). The van der Waals surface area contributed by atoms with Crippen molar-refractivity contribution in [1.82, 2.24) is 13.7 Å². The van der Waals surface area contributed by atoms with Gasteiger partial charge in [-0.25, -0.2) is 0 Å². The summed E-state index contributed by atoms with van der Waals surface area (Å²) in [7, 11) is 0. The molecule has 13 aromatic rings. The van der Waals surface area contributed by atoms with Gasteiger partial charge in [-0.2, -0.15) is 0 Å². The summed E-state index contributed by atoms with van der Waals surface area (Å²) >= 11 is 0. The minimum Gasteiger partial charge on any atom is -0.310 e. The molecule has 0 unspecified atom stereocenters. The summed E-state index contributed by atoms with van der Waals surface area (Å²) < 4.78 is 7.38. The summed E-state index contributed by atoms with van der Waals surface area (Å²) in [5.41, 5.74) is 19.8. The van der Waals surface area contributed by atoms with Gasteiger partial charge in [0.2, 0.25) is 0 Å². The largest absolute Gasteiger partial charge is 0.310 e. The number of benzene rings is 10. The van der Waals surface area contributed by atoms with E-state index in [1.54, 1.807) is 0 Å². The molecule has 0 aliphatic heterocycles. The topological polar surface area (TPSA) is 18.0 Å². The van der Waals surface area contributed by atoms with Gasteiger partial charge in [0.1, 0.15) is 0 Å². The number of aromatic nitrogens is 3. The smallest absolute Gasteiger partial charge is 0.0789 e. The molecule has 0 fully saturated rings. The number of hydrogen-bond acceptors (Lipinski definition) is 1. The van der Waals surface area contributed by atoms with E-state index in [1.165, 1.54) is 82.5 Å². The second kappa shape index (κ2) is 15.9. The lowest BCUT2D eigenvalue weighted by Crippen LogP contribution is -2.10. The molecule has 4 heteroatoms. The van der Waals surface area contributed by atoms with Crippen molar-refractivity contribution in [2.24, 2.45) is 0 Å². The highest BCUT2D eigenvalue weighted by atomic mass is 15.1. The van der Waals surface area contributed by atoms with E-state index in [-0.39, 0.29) is 0 Å². The molecule has 10 aromatic carbocycles. The highest BCUT2D eigenvalue weighted by Gasteiger charge is 2.26. The molecule has 68 heavy (non-hydrogen) atoms. The minimum atomic E-state index is 1.08. The van der Waals surface area contributed by atoms with Crippen LogP contribution < -0.4 is 4.90 Å². The molecule has 0 aliphatic carbocycles. The second-order valence-electron chi connectivity index (χ2n) is 17.9. The first-order valence-corrected chi connectivity index (χ1v) is 23.4. The molecule has 0 spiro atoms. The van der Waals surface area contributed by atoms with Crippen molar-refractivity contribution in [3.05, 3.63) is 254 Å². The maximum atomic E-state index is 2.50. The van der Waals surface area contributed by atoms with E-state index < -0.39 is 0 Å². The van der Waals surface area contributed by atoms with Crippen LogP contribution in [0, 0.1) is 13.8 Å². The van der Waals surface area contributed by atoms with Gasteiger partial charge in [0, 0.05) is 66.6 Å². The summed E-state index contributed by atoms with van der Waals surface area (Å²) in [5.74, 6) is 0. The zero-order valence-electron chi connectivity index (χ0n) is 37.9. The maximum Gasteiger partial charge on any atom is 0.0789 e. The van der Waals surface area contributed by atoms with Gasteiger partial charge >= 0.3 is 0 Å². The molecule has 0 radical (unpaired) electrons. The van der Waals surface area contributed by atoms with Crippen LogP contribution in [0.25, 0.3) is 94.0 Å². The number of anilines is 3. The van der Waals surface area contributed by atoms with Crippen molar-refractivity contribution in [2.75, 3.05) is 4.90 Å². The summed E-state index contributed by atoms with van der Waals surface area (Å²) in [4.78, 5) is 2.39. The predicted molar refractivity (Wildman–Crippen MR) is 287 cm³/mol. The van der Waals surface area contributed by atoms with Crippen LogP contribution in [-0.4, -0.2) is 13.7 Å². The Morgan fingerprint density at radius 3 is 1.40 bits per heavy atom. The van der Waals surface area contributed by atoms with Crippen molar-refractivity contribution in [3.8, 4) is 39.4 Å². The fourth-order valence-corrected chi connectivity index (χ4v) is 10.7. The van der Waals surface area contributed by atoms with Gasteiger partial charge in [0.25, 0.3) is 0 Å². The first-order chi connectivity index (χ1) is 33.6. The maximum absolute atomic E-state index is 2.50. The van der Waals surface area contributed by atoms with Gasteiger partial charge in [-0.05, 0) is 116 Å². The number of para-hydroxylation sites is 3. The Bertz CT molecular complexity index is 3990. The number of rotatable bonds is 8. The number of hydrogen-bond donors (Lipinski definition) is 0. The van der Waals surface area contributed by atoms with E-state index in [0.717, 1.165) is 39.6 Å². The Hall–Kier alpha value is -8.86. The standard InChI is InChI=1S/C64H46N4/c1-43-26-30-48(31-27-43)65(52-38-41-60-57(42-52)54-23-13-14-24-58(54)66(60)50-32-28-44(2)29-33-50)49-34-36-51(37-35-49)67-59-25-15-12-22-53(59)55-39-40-56-61(45-16-6-3-7-17-45)62(46-18-8-4-9-19-46)68(64(56)63(55)67)47-20-10-5-11-21-47/h3-42H,1-2H3. The Morgan fingerprint density at radius 1 is 0.294 bits per heavy atom. The summed E-state index contributed by atoms with van der Waals surface area (Å²) in [6.45, 7) is 4.29. The highest BCUT2D eigenvalue weighted by Crippen LogP contribution is 2.48. The first kappa shape index (κ1) is 39.5. The number of nitrogens with zero attached hydrogens (tertiary/aromatic N) is 4. The van der Waals surface area contributed by atoms with Crippen LogP contribution in [0.2, 0.25) is 0 Å². The lowest BCUT2D eigenvalue weighted by Gasteiger charge is -2.26. The van der Waals surface area contributed by atoms with Crippen molar-refractivity contribution >= 4 is 71.6 Å². The first-order valence-electron chi connectivity index (χ1n) is 23.4.